The Morgan fingerprint density at radius 2 is 0.756 bits per heavy atom. The lowest BCUT2D eigenvalue weighted by Gasteiger charge is -2.05. The summed E-state index contributed by atoms with van der Waals surface area (Å²) in [6, 6.07) is 51.6. The third-order valence-electron chi connectivity index (χ3n) is 10.2. The van der Waals surface area contributed by atoms with Crippen LogP contribution in [0.3, 0.4) is 0 Å². The third kappa shape index (κ3) is 2.85. The molecule has 0 radical (unpaired) electrons. The molecule has 0 bridgehead atoms. The van der Waals surface area contributed by atoms with Gasteiger partial charge in [-0.3, -0.25) is 0 Å². The van der Waals surface area contributed by atoms with Gasteiger partial charge in [0.1, 0.15) is 0 Å². The molecule has 2 heteroatoms. The van der Waals surface area contributed by atoms with Crippen LogP contribution in [0.25, 0.3) is 98.4 Å². The van der Waals surface area contributed by atoms with E-state index in [9.17, 15) is 0 Å². The molecule has 0 aliphatic heterocycles. The van der Waals surface area contributed by atoms with Crippen molar-refractivity contribution in [1.29, 1.82) is 0 Å². The summed E-state index contributed by atoms with van der Waals surface area (Å²) in [6.07, 6.45) is 0. The summed E-state index contributed by atoms with van der Waals surface area (Å²) in [5.74, 6) is 0. The molecule has 0 fully saturated rings. The van der Waals surface area contributed by atoms with Crippen molar-refractivity contribution < 1.29 is 0 Å². The molecule has 4 aromatic heterocycles. The number of nitrogens with zero attached hydrogens (tertiary/aromatic N) is 2. The van der Waals surface area contributed by atoms with Crippen LogP contribution >= 0.6 is 0 Å². The summed E-state index contributed by atoms with van der Waals surface area (Å²) in [5.41, 5.74) is 14.0. The van der Waals surface area contributed by atoms with E-state index in [1.165, 1.54) is 104 Å². The normalized spacial score (nSPS) is 12.6. The first-order valence-corrected chi connectivity index (χ1v) is 15.7. The minimum atomic E-state index is 1.24. The van der Waals surface area contributed by atoms with Crippen LogP contribution in [0, 0.1) is 6.92 Å². The Kier molecular flexibility index (Phi) is 4.29. The molecule has 0 amide bonds. The molecule has 11 aromatic rings. The molecular weight excluding hydrogens is 544 g/mol. The Balaban J connectivity index is 1.43. The summed E-state index contributed by atoms with van der Waals surface area (Å²) in [5, 5.41) is 10.7. The van der Waals surface area contributed by atoms with E-state index >= 15 is 0 Å². The highest BCUT2D eigenvalue weighted by molar-refractivity contribution is 6.45. The molecule has 208 valence electrons. The lowest BCUT2D eigenvalue weighted by atomic mass is 9.96. The predicted octanol–water partition coefficient (Wildman–Crippen LogP) is 11.6. The van der Waals surface area contributed by atoms with Crippen LogP contribution in [-0.4, -0.2) is 8.80 Å². The number of fused-ring (bicyclic) bond motifs is 14. The third-order valence-corrected chi connectivity index (χ3v) is 10.2. The van der Waals surface area contributed by atoms with Crippen molar-refractivity contribution in [3.63, 3.8) is 0 Å². The molecular formula is C43H26N2. The number of aromatic nitrogens is 2. The van der Waals surface area contributed by atoms with E-state index in [-0.39, 0.29) is 0 Å². The first kappa shape index (κ1) is 23.6. The number of rotatable bonds is 2. The van der Waals surface area contributed by atoms with Crippen molar-refractivity contribution in [2.45, 2.75) is 6.92 Å². The zero-order chi connectivity index (χ0) is 29.4. The highest BCUT2D eigenvalue weighted by Crippen LogP contribution is 2.52. The van der Waals surface area contributed by atoms with Crippen molar-refractivity contribution in [3.8, 4) is 22.3 Å². The molecule has 0 unspecified atom stereocenters. The first-order chi connectivity index (χ1) is 22.3. The van der Waals surface area contributed by atoms with E-state index in [4.69, 9.17) is 0 Å². The Labute approximate surface area is 258 Å². The second kappa shape index (κ2) is 8.19. The van der Waals surface area contributed by atoms with Crippen molar-refractivity contribution >= 4 is 76.2 Å². The van der Waals surface area contributed by atoms with Gasteiger partial charge in [-0.25, -0.2) is 0 Å². The van der Waals surface area contributed by atoms with Gasteiger partial charge >= 0.3 is 0 Å². The molecule has 0 saturated carbocycles. The SMILES string of the molecule is Cc1ccc2c3c4c5ccc(-c6ccccc6)cc5n5c6ccccc6c(c6c7ccc(-c8ccccc8)cc7n(c2c1)c36)c45. The van der Waals surface area contributed by atoms with Crippen LogP contribution in [0.5, 0.6) is 0 Å². The van der Waals surface area contributed by atoms with Gasteiger partial charge in [0, 0.05) is 43.1 Å². The molecule has 2 nitrogen and oxygen atoms in total. The molecule has 0 aliphatic rings. The van der Waals surface area contributed by atoms with Crippen molar-refractivity contribution in [2.75, 3.05) is 0 Å². The number of aryl methyl sites for hydroxylation is 1. The lowest BCUT2D eigenvalue weighted by molar-refractivity contribution is 1.36. The molecule has 45 heavy (non-hydrogen) atoms. The Hall–Kier alpha value is -5.86. The van der Waals surface area contributed by atoms with Crippen LogP contribution in [0.4, 0.5) is 0 Å². The van der Waals surface area contributed by atoms with E-state index in [0.717, 1.165) is 0 Å². The maximum atomic E-state index is 2.56. The van der Waals surface area contributed by atoms with Crippen LogP contribution < -0.4 is 0 Å². The quantitative estimate of drug-likeness (QED) is 0.195. The van der Waals surface area contributed by atoms with Gasteiger partial charge in [-0.05, 0) is 59.0 Å². The largest absolute Gasteiger partial charge is 0.308 e. The van der Waals surface area contributed by atoms with Gasteiger partial charge < -0.3 is 8.80 Å². The Morgan fingerprint density at radius 3 is 1.31 bits per heavy atom. The van der Waals surface area contributed by atoms with E-state index in [1.807, 2.05) is 0 Å². The van der Waals surface area contributed by atoms with E-state index < -0.39 is 0 Å². The molecule has 0 aliphatic carbocycles. The van der Waals surface area contributed by atoms with Crippen molar-refractivity contribution in [1.82, 2.24) is 8.80 Å². The second-order valence-corrected chi connectivity index (χ2v) is 12.6. The fourth-order valence-electron chi connectivity index (χ4n) is 8.36. The number of benzene rings is 7. The molecule has 4 heterocycles. The summed E-state index contributed by atoms with van der Waals surface area (Å²) in [7, 11) is 0. The molecule has 0 spiro atoms. The van der Waals surface area contributed by atoms with Gasteiger partial charge in [-0.1, -0.05) is 115 Å². The van der Waals surface area contributed by atoms with Gasteiger partial charge in [0.15, 0.2) is 0 Å². The predicted molar refractivity (Wildman–Crippen MR) is 191 cm³/mol. The lowest BCUT2D eigenvalue weighted by Crippen LogP contribution is -1.83. The summed E-state index contributed by atoms with van der Waals surface area (Å²) in [6.45, 7) is 2.21. The Bertz CT molecular complexity index is 2960. The van der Waals surface area contributed by atoms with Gasteiger partial charge in [0.2, 0.25) is 0 Å². The fraction of sp³-hybridized carbons (Fsp3) is 0.0233. The van der Waals surface area contributed by atoms with Crippen LogP contribution in [0.15, 0.2) is 140 Å². The Morgan fingerprint density at radius 1 is 0.333 bits per heavy atom. The van der Waals surface area contributed by atoms with Gasteiger partial charge in [-0.15, -0.1) is 0 Å². The maximum Gasteiger partial charge on any atom is 0.0634 e. The number of hydrogen-bond donors (Lipinski definition) is 0. The van der Waals surface area contributed by atoms with Gasteiger partial charge in [-0.2, -0.15) is 0 Å². The summed E-state index contributed by atoms with van der Waals surface area (Å²) < 4.78 is 5.11. The second-order valence-electron chi connectivity index (χ2n) is 12.6. The zero-order valence-corrected chi connectivity index (χ0v) is 24.7. The number of para-hydroxylation sites is 1. The average molecular weight is 571 g/mol. The summed E-state index contributed by atoms with van der Waals surface area (Å²) in [4.78, 5) is 0. The molecule has 7 aromatic carbocycles. The molecule has 0 N–H and O–H groups in total. The molecule has 0 saturated heterocycles. The first-order valence-electron chi connectivity index (χ1n) is 15.7. The van der Waals surface area contributed by atoms with Gasteiger partial charge in [0.25, 0.3) is 0 Å². The highest BCUT2D eigenvalue weighted by Gasteiger charge is 2.28. The smallest absolute Gasteiger partial charge is 0.0634 e. The van der Waals surface area contributed by atoms with Crippen molar-refractivity contribution in [3.05, 3.63) is 145 Å². The van der Waals surface area contributed by atoms with Crippen LogP contribution in [0.2, 0.25) is 0 Å². The molecule has 11 rings (SSSR count). The fourth-order valence-corrected chi connectivity index (χ4v) is 8.36. The monoisotopic (exact) mass is 570 g/mol. The molecule has 0 atom stereocenters. The topological polar surface area (TPSA) is 8.82 Å². The number of hydrogen-bond acceptors (Lipinski definition) is 0. The van der Waals surface area contributed by atoms with E-state index in [2.05, 4.69) is 155 Å². The van der Waals surface area contributed by atoms with Gasteiger partial charge in [0.05, 0.1) is 33.1 Å². The zero-order valence-electron chi connectivity index (χ0n) is 24.7. The average Bonchev–Trinajstić information content (AvgIpc) is 3.81. The minimum absolute atomic E-state index is 1.24. The van der Waals surface area contributed by atoms with E-state index in [0.29, 0.717) is 0 Å². The summed E-state index contributed by atoms with van der Waals surface area (Å²) >= 11 is 0. The van der Waals surface area contributed by atoms with Crippen molar-refractivity contribution in [2.24, 2.45) is 0 Å². The standard InChI is InChI=1S/C43H26N2/c1-25-16-19-31-35(22-25)45-37-24-29(27-12-6-3-7-13-27)18-21-33(37)40-38-30-14-8-9-15-34(30)44-36-23-28(26-10-4-2-5-11-26)17-20-32(36)41(42(38)44)39(31)43(40)45/h2-24H,1H3. The minimum Gasteiger partial charge on any atom is -0.308 e. The van der Waals surface area contributed by atoms with Crippen LogP contribution in [0.1, 0.15) is 5.56 Å². The van der Waals surface area contributed by atoms with Crippen LogP contribution in [-0.2, 0) is 0 Å². The maximum absolute atomic E-state index is 2.56. The highest BCUT2D eigenvalue weighted by atomic mass is 14.9. The van der Waals surface area contributed by atoms with E-state index in [1.54, 1.807) is 0 Å².